The molecule has 2 aliphatic rings. The van der Waals surface area contributed by atoms with Gasteiger partial charge in [-0.25, -0.2) is 48.7 Å². The van der Waals surface area contributed by atoms with Gasteiger partial charge < -0.3 is 14.3 Å². The van der Waals surface area contributed by atoms with Gasteiger partial charge >= 0.3 is 6.03 Å². The van der Waals surface area contributed by atoms with Gasteiger partial charge in [-0.05, 0) is 0 Å². The minimum Gasteiger partial charge on any atom is -0.356 e. The number of nitrogens with zero attached hydrogens (tertiary/aromatic N) is 3. The van der Waals surface area contributed by atoms with E-state index in [0.717, 1.165) is 9.80 Å². The van der Waals surface area contributed by atoms with Crippen molar-refractivity contribution in [3.63, 3.8) is 0 Å². The molecule has 3 heterocycles. The lowest BCUT2D eigenvalue weighted by atomic mass is 9.97. The number of hydrogen-bond donors (Lipinski definition) is 1. The highest BCUT2D eigenvalue weighted by atomic mass is 32.2. The van der Waals surface area contributed by atoms with Gasteiger partial charge in [0.25, 0.3) is 5.92 Å². The molecule has 3 aromatic rings. The summed E-state index contributed by atoms with van der Waals surface area (Å²) in [5.74, 6) is -11.4. The first kappa shape index (κ1) is 25.3. The number of benzene rings is 2. The van der Waals surface area contributed by atoms with Crippen LogP contribution in [-0.4, -0.2) is 66.8 Å². The number of fused-ring (bicyclic) bond motifs is 2. The largest absolute Gasteiger partial charge is 0.356 e. The molecule has 2 saturated heterocycles. The van der Waals surface area contributed by atoms with Crippen molar-refractivity contribution in [2.24, 2.45) is 0 Å². The number of carbonyl (C=O) groups is 1. The van der Waals surface area contributed by atoms with Crippen LogP contribution >= 0.6 is 0 Å². The highest BCUT2D eigenvalue weighted by molar-refractivity contribution is 7.88. The molecule has 0 aliphatic carbocycles. The smallest absolute Gasteiger partial charge is 0.321 e. The third-order valence-electron chi connectivity index (χ3n) is 6.25. The number of nitrogens with one attached hydrogen (secondary N) is 1. The topological polar surface area (TPSA) is 95.8 Å². The van der Waals surface area contributed by atoms with Gasteiger partial charge in [-0.3, -0.25) is 0 Å². The van der Waals surface area contributed by atoms with Gasteiger partial charge in [0, 0.05) is 36.9 Å². The van der Waals surface area contributed by atoms with E-state index in [-0.39, 0.29) is 17.8 Å². The Hall–Kier alpha value is -3.40. The fourth-order valence-electron chi connectivity index (χ4n) is 4.71. The zero-order chi connectivity index (χ0) is 27.0. The summed E-state index contributed by atoms with van der Waals surface area (Å²) < 4.78 is 131. The molecule has 5 rings (SSSR count). The summed E-state index contributed by atoms with van der Waals surface area (Å²) in [6.45, 7) is -1.86. The van der Waals surface area contributed by atoms with E-state index in [2.05, 4.69) is 5.16 Å². The second-order valence-corrected chi connectivity index (χ2v) is 10.5. The van der Waals surface area contributed by atoms with Crippen LogP contribution in [0.1, 0.15) is 5.69 Å². The van der Waals surface area contributed by atoms with Crippen LogP contribution in [0.25, 0.3) is 22.1 Å². The average molecular weight is 552 g/mol. The SMILES string of the molecule is CS(=O)(=O)N[C@@H]1CN2C(=O)N(Cc3noc4cc(F)c(F)c(-c5c(F)cc(F)cc5F)c34)C[C@@H]2C1(F)F. The van der Waals surface area contributed by atoms with Crippen LogP contribution in [0.3, 0.4) is 0 Å². The van der Waals surface area contributed by atoms with E-state index in [1.165, 1.54) is 0 Å². The van der Waals surface area contributed by atoms with Crippen molar-refractivity contribution in [2.45, 2.75) is 24.6 Å². The monoisotopic (exact) mass is 552 g/mol. The number of sulfonamides is 1. The zero-order valence-electron chi connectivity index (χ0n) is 18.5. The maximum absolute atomic E-state index is 14.9. The summed E-state index contributed by atoms with van der Waals surface area (Å²) in [6, 6.07) is -3.48. The van der Waals surface area contributed by atoms with Crippen molar-refractivity contribution >= 4 is 27.0 Å². The van der Waals surface area contributed by atoms with Gasteiger partial charge in [-0.2, -0.15) is 0 Å². The van der Waals surface area contributed by atoms with Crippen molar-refractivity contribution in [2.75, 3.05) is 19.3 Å². The second-order valence-electron chi connectivity index (χ2n) is 8.74. The molecule has 2 aromatic carbocycles. The van der Waals surface area contributed by atoms with Crippen molar-refractivity contribution in [1.82, 2.24) is 19.7 Å². The van der Waals surface area contributed by atoms with Crippen LogP contribution in [0.2, 0.25) is 0 Å². The first-order valence-corrected chi connectivity index (χ1v) is 12.4. The summed E-state index contributed by atoms with van der Waals surface area (Å²) in [5.41, 5.74) is -2.92. The minimum atomic E-state index is -4.01. The van der Waals surface area contributed by atoms with E-state index in [9.17, 15) is 43.9 Å². The van der Waals surface area contributed by atoms with Crippen molar-refractivity contribution in [3.05, 3.63) is 53.0 Å². The third kappa shape index (κ3) is 4.07. The van der Waals surface area contributed by atoms with Gasteiger partial charge in [-0.15, -0.1) is 0 Å². The number of alkyl halides is 2. The van der Waals surface area contributed by atoms with E-state index >= 15 is 0 Å². The summed E-state index contributed by atoms with van der Waals surface area (Å²) in [7, 11) is -4.01. The molecule has 2 fully saturated rings. The van der Waals surface area contributed by atoms with Crippen LogP contribution in [0.15, 0.2) is 22.7 Å². The molecule has 0 radical (unpaired) electrons. The highest BCUT2D eigenvalue weighted by Crippen LogP contribution is 2.42. The van der Waals surface area contributed by atoms with Crippen molar-refractivity contribution in [3.8, 4) is 11.1 Å². The van der Waals surface area contributed by atoms with Crippen LogP contribution in [0.4, 0.5) is 35.5 Å². The first-order valence-electron chi connectivity index (χ1n) is 10.5. The van der Waals surface area contributed by atoms with E-state index in [1.54, 1.807) is 4.72 Å². The van der Waals surface area contributed by atoms with E-state index in [1.807, 2.05) is 0 Å². The minimum absolute atomic E-state index is 0.253. The lowest BCUT2D eigenvalue weighted by molar-refractivity contribution is -0.0359. The average Bonchev–Trinajstić information content (AvgIpc) is 3.37. The Labute approximate surface area is 203 Å². The molecule has 8 nitrogen and oxygen atoms in total. The van der Waals surface area contributed by atoms with E-state index in [0.29, 0.717) is 12.3 Å². The third-order valence-corrected chi connectivity index (χ3v) is 6.97. The molecule has 16 heteroatoms. The molecule has 2 atom stereocenters. The molecule has 0 spiro atoms. The second kappa shape index (κ2) is 8.31. The Morgan fingerprint density at radius 1 is 1.05 bits per heavy atom. The zero-order valence-corrected chi connectivity index (χ0v) is 19.4. The lowest BCUT2D eigenvalue weighted by Crippen LogP contribution is -2.50. The first-order chi connectivity index (χ1) is 17.2. The molecule has 0 saturated carbocycles. The van der Waals surface area contributed by atoms with Crippen LogP contribution in [-0.2, 0) is 16.6 Å². The Morgan fingerprint density at radius 2 is 1.70 bits per heavy atom. The molecule has 2 aliphatic heterocycles. The fraction of sp³-hybridized carbons (Fsp3) is 0.333. The van der Waals surface area contributed by atoms with Gasteiger partial charge in [0.2, 0.25) is 10.0 Å². The number of halogens is 7. The molecule has 2 amide bonds. The molecular formula is C21H15F7N4O4S. The van der Waals surface area contributed by atoms with E-state index in [4.69, 9.17) is 4.52 Å². The van der Waals surface area contributed by atoms with Crippen molar-refractivity contribution < 1.29 is 48.5 Å². The molecule has 0 bridgehead atoms. The predicted octanol–water partition coefficient (Wildman–Crippen LogP) is 3.36. The number of rotatable bonds is 5. The Balaban J connectivity index is 1.53. The highest BCUT2D eigenvalue weighted by Gasteiger charge is 2.62. The van der Waals surface area contributed by atoms with Crippen LogP contribution in [0, 0.1) is 29.1 Å². The quantitative estimate of drug-likeness (QED) is 0.490. The molecule has 0 unspecified atom stereocenters. The number of aromatic nitrogens is 1. The normalized spacial score (nSPS) is 21.4. The fourth-order valence-corrected chi connectivity index (χ4v) is 5.46. The summed E-state index contributed by atoms with van der Waals surface area (Å²) >= 11 is 0. The molecule has 198 valence electrons. The Kier molecular flexibility index (Phi) is 5.67. The summed E-state index contributed by atoms with van der Waals surface area (Å²) in [6.07, 6.45) is 0.697. The number of urea groups is 1. The maximum Gasteiger partial charge on any atom is 0.321 e. The van der Waals surface area contributed by atoms with Crippen LogP contribution in [0.5, 0.6) is 0 Å². The molecule has 1 N–H and O–H groups in total. The molecule has 37 heavy (non-hydrogen) atoms. The van der Waals surface area contributed by atoms with Gasteiger partial charge in [-0.1, -0.05) is 5.16 Å². The summed E-state index contributed by atoms with van der Waals surface area (Å²) in [5, 5.41) is 3.16. The molecule has 1 aromatic heterocycles. The lowest BCUT2D eigenvalue weighted by Gasteiger charge is -2.23. The Bertz CT molecular complexity index is 1540. The van der Waals surface area contributed by atoms with Crippen molar-refractivity contribution in [1.29, 1.82) is 0 Å². The van der Waals surface area contributed by atoms with E-state index < -0.39 is 105 Å². The maximum atomic E-state index is 14.9. The Morgan fingerprint density at radius 3 is 2.30 bits per heavy atom. The summed E-state index contributed by atoms with van der Waals surface area (Å²) in [4.78, 5) is 14.5. The molecular weight excluding hydrogens is 537 g/mol. The van der Waals surface area contributed by atoms with Gasteiger partial charge in [0.15, 0.2) is 17.2 Å². The van der Waals surface area contributed by atoms with Crippen LogP contribution < -0.4 is 4.72 Å². The number of hydrogen-bond acceptors (Lipinski definition) is 5. The predicted molar refractivity (Wildman–Crippen MR) is 112 cm³/mol. The van der Waals surface area contributed by atoms with Gasteiger partial charge in [0.1, 0.15) is 35.2 Å². The standard InChI is InChI=1S/C21H15F7N4O4S/c1-37(34,35)30-14-6-32-15(21(14,27)28)7-31(20(32)33)5-12-17-13(36-29-12)4-11(25)19(26)18(17)16-9(23)2-8(22)3-10(16)24/h2-4,14-15,30H,5-7H2,1H3/t14-,15-/m1/s1. The van der Waals surface area contributed by atoms with Gasteiger partial charge in [0.05, 0.1) is 23.8 Å². The number of carbonyl (C=O) groups excluding carboxylic acids is 1. The number of amides is 2.